The van der Waals surface area contributed by atoms with Crippen LogP contribution in [0.5, 0.6) is 0 Å². The summed E-state index contributed by atoms with van der Waals surface area (Å²) in [5.41, 5.74) is 0.798. The fourth-order valence-corrected chi connectivity index (χ4v) is 5.00. The Bertz CT molecular complexity index is 1170. The average Bonchev–Trinajstić information content (AvgIpc) is 3.27. The predicted molar refractivity (Wildman–Crippen MR) is 169 cm³/mol. The van der Waals surface area contributed by atoms with Crippen LogP contribution in [-0.2, 0) is 46.4 Å². The minimum atomic E-state index is -0.565. The van der Waals surface area contributed by atoms with Gasteiger partial charge in [-0.25, -0.2) is 0 Å². The van der Waals surface area contributed by atoms with Crippen LogP contribution in [0.2, 0.25) is 0 Å². The van der Waals surface area contributed by atoms with Crippen molar-refractivity contribution in [2.24, 2.45) is 0 Å². The van der Waals surface area contributed by atoms with E-state index in [1.165, 1.54) is 12.2 Å². The van der Waals surface area contributed by atoms with Crippen LogP contribution < -0.4 is 5.32 Å². The van der Waals surface area contributed by atoms with Gasteiger partial charge in [0.2, 0.25) is 5.91 Å². The number of hydrogen-bond acceptors (Lipinski definition) is 10. The Kier molecular flexibility index (Phi) is 12.8. The highest BCUT2D eigenvalue weighted by atomic mass is 16.6. The van der Waals surface area contributed by atoms with Crippen LogP contribution in [0, 0.1) is 0 Å². The molecule has 1 aromatic rings. The van der Waals surface area contributed by atoms with E-state index in [9.17, 15) is 24.0 Å². The zero-order valence-electron chi connectivity index (χ0n) is 27.6. The van der Waals surface area contributed by atoms with Crippen molar-refractivity contribution < 1.29 is 33.4 Å². The van der Waals surface area contributed by atoms with Crippen molar-refractivity contribution in [1.82, 2.24) is 24.9 Å². The zero-order chi connectivity index (χ0) is 33.2. The summed E-state index contributed by atoms with van der Waals surface area (Å²) in [6.07, 6.45) is 2.63. The molecule has 3 amide bonds. The predicted octanol–water partition coefficient (Wildman–Crippen LogP) is 1.37. The number of benzene rings is 1. The number of nitrogens with zero attached hydrogens (tertiary/aromatic N) is 4. The fourth-order valence-electron chi connectivity index (χ4n) is 5.00. The summed E-state index contributed by atoms with van der Waals surface area (Å²) in [5.74, 6) is -1.48. The molecule has 1 fully saturated rings. The molecule has 12 heteroatoms. The van der Waals surface area contributed by atoms with Gasteiger partial charge in [-0.2, -0.15) is 0 Å². The second-order valence-corrected chi connectivity index (χ2v) is 13.5. The standard InChI is InChI=1S/C33H49N5O7/c1-32(2,3)44-30(42)23-36-17-15-35(16-18-37(20-19-36)24-31(43)45-33(4,5)6)22-26-9-7-25(8-10-26)21-27(39)34-13-14-38-28(40)11-12-29(38)41/h7-12H,13-24H2,1-6H3,(H,34,39). The lowest BCUT2D eigenvalue weighted by Crippen LogP contribution is -2.42. The first-order valence-corrected chi connectivity index (χ1v) is 15.5. The topological polar surface area (TPSA) is 129 Å². The van der Waals surface area contributed by atoms with Crippen molar-refractivity contribution in [3.05, 3.63) is 47.5 Å². The second kappa shape index (κ2) is 16.1. The Morgan fingerprint density at radius 3 is 1.56 bits per heavy atom. The number of nitrogens with one attached hydrogen (secondary N) is 1. The highest BCUT2D eigenvalue weighted by molar-refractivity contribution is 6.12. The first-order chi connectivity index (χ1) is 21.1. The summed E-state index contributed by atoms with van der Waals surface area (Å²) in [5, 5.41) is 2.76. The van der Waals surface area contributed by atoms with E-state index < -0.39 is 11.2 Å². The molecule has 1 saturated heterocycles. The zero-order valence-corrected chi connectivity index (χ0v) is 27.6. The molecule has 2 heterocycles. The summed E-state index contributed by atoms with van der Waals surface area (Å²) in [6.45, 7) is 16.5. The summed E-state index contributed by atoms with van der Waals surface area (Å²) < 4.78 is 11.1. The van der Waals surface area contributed by atoms with Gasteiger partial charge in [-0.15, -0.1) is 0 Å². The van der Waals surface area contributed by atoms with Crippen LogP contribution in [-0.4, -0.2) is 126 Å². The van der Waals surface area contributed by atoms with Gasteiger partial charge in [0.25, 0.3) is 11.8 Å². The Morgan fingerprint density at radius 1 is 0.689 bits per heavy atom. The van der Waals surface area contributed by atoms with Crippen molar-refractivity contribution in [1.29, 1.82) is 0 Å². The lowest BCUT2D eigenvalue weighted by molar-refractivity contribution is -0.158. The normalized spacial score (nSPS) is 17.5. The number of hydrogen-bond donors (Lipinski definition) is 1. The van der Waals surface area contributed by atoms with Crippen molar-refractivity contribution in [3.8, 4) is 0 Å². The van der Waals surface area contributed by atoms with E-state index in [-0.39, 0.29) is 62.3 Å². The minimum Gasteiger partial charge on any atom is -0.459 e. The van der Waals surface area contributed by atoms with Crippen LogP contribution in [0.25, 0.3) is 0 Å². The van der Waals surface area contributed by atoms with Gasteiger partial charge >= 0.3 is 11.9 Å². The van der Waals surface area contributed by atoms with Crippen LogP contribution in [0.3, 0.4) is 0 Å². The molecule has 0 aliphatic carbocycles. The third-order valence-corrected chi connectivity index (χ3v) is 7.09. The lowest BCUT2D eigenvalue weighted by atomic mass is 10.1. The van der Waals surface area contributed by atoms with E-state index in [1.54, 1.807) is 0 Å². The van der Waals surface area contributed by atoms with Gasteiger partial charge in [0.05, 0.1) is 19.5 Å². The van der Waals surface area contributed by atoms with Crippen molar-refractivity contribution >= 4 is 29.7 Å². The third kappa shape index (κ3) is 13.5. The molecular formula is C33H49N5O7. The molecule has 1 aromatic carbocycles. The maximum Gasteiger partial charge on any atom is 0.320 e. The molecule has 0 saturated carbocycles. The van der Waals surface area contributed by atoms with Crippen LogP contribution in [0.15, 0.2) is 36.4 Å². The number of amides is 3. The van der Waals surface area contributed by atoms with Crippen LogP contribution in [0.4, 0.5) is 0 Å². The largest absolute Gasteiger partial charge is 0.459 e. The molecule has 2 aliphatic heterocycles. The highest BCUT2D eigenvalue weighted by Gasteiger charge is 2.25. The number of ether oxygens (including phenoxy) is 2. The first kappa shape index (κ1) is 35.9. The van der Waals surface area contributed by atoms with Gasteiger partial charge in [0.1, 0.15) is 11.2 Å². The molecule has 0 bridgehead atoms. The van der Waals surface area contributed by atoms with Gasteiger partial charge < -0.3 is 14.8 Å². The Hall–Kier alpha value is -3.61. The average molecular weight is 628 g/mol. The minimum absolute atomic E-state index is 0.135. The summed E-state index contributed by atoms with van der Waals surface area (Å²) in [6, 6.07) is 7.84. The Balaban J connectivity index is 1.57. The summed E-state index contributed by atoms with van der Waals surface area (Å²) in [7, 11) is 0. The molecule has 2 aliphatic rings. The van der Waals surface area contributed by atoms with E-state index in [2.05, 4.69) is 20.0 Å². The number of carbonyl (C=O) groups excluding carboxylic acids is 5. The monoisotopic (exact) mass is 627 g/mol. The van der Waals surface area contributed by atoms with Crippen molar-refractivity contribution in [2.45, 2.75) is 65.7 Å². The third-order valence-electron chi connectivity index (χ3n) is 7.09. The lowest BCUT2D eigenvalue weighted by Gasteiger charge is -2.27. The molecule has 12 nitrogen and oxygen atoms in total. The number of imide groups is 1. The van der Waals surface area contributed by atoms with Gasteiger partial charge in [0.15, 0.2) is 0 Å². The maximum atomic E-state index is 12.6. The number of carbonyl (C=O) groups is 5. The van der Waals surface area contributed by atoms with E-state index in [1.807, 2.05) is 65.8 Å². The van der Waals surface area contributed by atoms with Gasteiger partial charge in [-0.3, -0.25) is 43.6 Å². The molecular weight excluding hydrogens is 578 g/mol. The number of esters is 2. The van der Waals surface area contributed by atoms with Gasteiger partial charge in [-0.05, 0) is 52.7 Å². The quantitative estimate of drug-likeness (QED) is 0.284. The first-order valence-electron chi connectivity index (χ1n) is 15.5. The van der Waals surface area contributed by atoms with Crippen molar-refractivity contribution in [2.75, 3.05) is 65.4 Å². The Labute approximate surface area is 266 Å². The molecule has 0 unspecified atom stereocenters. The van der Waals surface area contributed by atoms with E-state index in [4.69, 9.17) is 9.47 Å². The van der Waals surface area contributed by atoms with Gasteiger partial charge in [-0.1, -0.05) is 24.3 Å². The molecule has 248 valence electrons. The maximum absolute atomic E-state index is 12.6. The van der Waals surface area contributed by atoms with Crippen LogP contribution >= 0.6 is 0 Å². The summed E-state index contributed by atoms with van der Waals surface area (Å²) >= 11 is 0. The van der Waals surface area contributed by atoms with E-state index in [0.29, 0.717) is 32.7 Å². The summed E-state index contributed by atoms with van der Waals surface area (Å²) in [4.78, 5) is 68.5. The molecule has 0 radical (unpaired) electrons. The fraction of sp³-hybridized carbons (Fsp3) is 0.606. The smallest absolute Gasteiger partial charge is 0.320 e. The SMILES string of the molecule is CC(C)(C)OC(=O)CN1CCN(CC(=O)OC(C)(C)C)CCN(Cc2ccc(CC(=O)NCCN3C(=O)C=CC3=O)cc2)CC1. The van der Waals surface area contributed by atoms with E-state index in [0.717, 1.165) is 29.1 Å². The molecule has 45 heavy (non-hydrogen) atoms. The second-order valence-electron chi connectivity index (χ2n) is 13.5. The van der Waals surface area contributed by atoms with Crippen molar-refractivity contribution in [3.63, 3.8) is 0 Å². The highest BCUT2D eigenvalue weighted by Crippen LogP contribution is 2.13. The van der Waals surface area contributed by atoms with Crippen LogP contribution in [0.1, 0.15) is 52.7 Å². The molecule has 0 spiro atoms. The molecule has 3 rings (SSSR count). The molecule has 0 aromatic heterocycles. The van der Waals surface area contributed by atoms with Gasteiger partial charge in [0, 0.05) is 71.1 Å². The van der Waals surface area contributed by atoms with E-state index >= 15 is 0 Å². The Morgan fingerprint density at radius 2 is 1.11 bits per heavy atom. The molecule has 0 atom stereocenters. The molecule has 1 N–H and O–H groups in total. The number of rotatable bonds is 11.